The van der Waals surface area contributed by atoms with Crippen LogP contribution < -0.4 is 14.2 Å². The van der Waals surface area contributed by atoms with Gasteiger partial charge >= 0.3 is 11.9 Å². The van der Waals surface area contributed by atoms with Gasteiger partial charge in [-0.1, -0.05) is 11.6 Å². The van der Waals surface area contributed by atoms with Crippen LogP contribution in [0.5, 0.6) is 23.0 Å². The van der Waals surface area contributed by atoms with E-state index in [1.54, 1.807) is 31.4 Å². The fourth-order valence-electron chi connectivity index (χ4n) is 2.76. The molecule has 0 aliphatic carbocycles. The summed E-state index contributed by atoms with van der Waals surface area (Å²) in [5.41, 5.74) is -0.869. The summed E-state index contributed by atoms with van der Waals surface area (Å²) in [6, 6.07) is 11.9. The minimum absolute atomic E-state index is 0.0136. The topological polar surface area (TPSA) is 83.2 Å². The van der Waals surface area contributed by atoms with Gasteiger partial charge in [0, 0.05) is 12.3 Å². The van der Waals surface area contributed by atoms with Crippen LogP contribution in [0.2, 0.25) is 5.02 Å². The number of nitro benzene ring substituents is 1. The Morgan fingerprint density at radius 3 is 2.27 bits per heavy atom. The van der Waals surface area contributed by atoms with E-state index in [-0.39, 0.29) is 16.5 Å². The number of nitrogens with zero attached hydrogens (tertiary/aromatic N) is 2. The summed E-state index contributed by atoms with van der Waals surface area (Å²) in [4.78, 5) is 14.7. The lowest BCUT2D eigenvalue weighted by molar-refractivity contribution is -0.385. The minimum Gasteiger partial charge on any atom is -0.497 e. The molecular formula is C22H16ClF3N2O5. The van der Waals surface area contributed by atoms with Gasteiger partial charge in [0.1, 0.15) is 5.75 Å². The second-order valence-electron chi connectivity index (χ2n) is 6.53. The largest absolute Gasteiger partial charge is 0.497 e. The van der Waals surface area contributed by atoms with Crippen molar-refractivity contribution in [2.24, 2.45) is 4.99 Å². The molecule has 0 saturated carbocycles. The van der Waals surface area contributed by atoms with Crippen molar-refractivity contribution < 1.29 is 32.3 Å². The van der Waals surface area contributed by atoms with E-state index in [4.69, 9.17) is 25.8 Å². The molecule has 0 bridgehead atoms. The zero-order valence-electron chi connectivity index (χ0n) is 17.2. The van der Waals surface area contributed by atoms with Crippen molar-refractivity contribution in [3.05, 3.63) is 80.9 Å². The molecule has 7 nitrogen and oxygen atoms in total. The molecule has 0 spiro atoms. The molecule has 33 heavy (non-hydrogen) atoms. The molecule has 0 fully saturated rings. The molecule has 3 aromatic carbocycles. The van der Waals surface area contributed by atoms with Gasteiger partial charge in [-0.15, -0.1) is 0 Å². The van der Waals surface area contributed by atoms with E-state index in [0.29, 0.717) is 29.1 Å². The van der Waals surface area contributed by atoms with Crippen molar-refractivity contribution >= 4 is 29.2 Å². The van der Waals surface area contributed by atoms with Crippen LogP contribution in [0.25, 0.3) is 0 Å². The summed E-state index contributed by atoms with van der Waals surface area (Å²) < 4.78 is 54.6. The van der Waals surface area contributed by atoms with Gasteiger partial charge in [-0.2, -0.15) is 13.2 Å². The number of nitro groups is 1. The number of rotatable bonds is 7. The first-order chi connectivity index (χ1) is 15.6. The summed E-state index contributed by atoms with van der Waals surface area (Å²) in [7, 11) is 2.87. The minimum atomic E-state index is -4.75. The van der Waals surface area contributed by atoms with E-state index < -0.39 is 28.1 Å². The molecule has 0 unspecified atom stereocenters. The average molecular weight is 481 g/mol. The molecular weight excluding hydrogens is 465 g/mol. The highest BCUT2D eigenvalue weighted by Crippen LogP contribution is 2.43. The van der Waals surface area contributed by atoms with Crippen molar-refractivity contribution in [1.82, 2.24) is 0 Å². The maximum atomic E-state index is 12.9. The van der Waals surface area contributed by atoms with E-state index >= 15 is 0 Å². The maximum Gasteiger partial charge on any atom is 0.416 e. The molecule has 0 amide bonds. The SMILES string of the molecule is COc1ccc(N=Cc2cc(Cl)c(Oc3ccc(C(F)(F)F)cc3[N+](=O)[O-])c(OC)c2)cc1. The fraction of sp³-hybridized carbons (Fsp3) is 0.136. The third-order valence-electron chi connectivity index (χ3n) is 4.38. The molecule has 0 aliphatic heterocycles. The van der Waals surface area contributed by atoms with Crippen molar-refractivity contribution in [2.75, 3.05) is 14.2 Å². The van der Waals surface area contributed by atoms with Gasteiger partial charge in [0.05, 0.1) is 35.4 Å². The normalized spacial score (nSPS) is 11.5. The monoisotopic (exact) mass is 480 g/mol. The van der Waals surface area contributed by atoms with Crippen LogP contribution in [-0.4, -0.2) is 25.4 Å². The molecule has 0 radical (unpaired) electrons. The zero-order valence-corrected chi connectivity index (χ0v) is 18.0. The highest BCUT2D eigenvalue weighted by atomic mass is 35.5. The summed E-state index contributed by atoms with van der Waals surface area (Å²) in [6.07, 6.45) is -3.23. The number of alkyl halides is 3. The third kappa shape index (κ3) is 5.72. The summed E-state index contributed by atoms with van der Waals surface area (Å²) in [5, 5.41) is 11.3. The number of hydrogen-bond donors (Lipinski definition) is 0. The van der Waals surface area contributed by atoms with Crippen LogP contribution in [0.4, 0.5) is 24.5 Å². The Morgan fingerprint density at radius 1 is 1.00 bits per heavy atom. The van der Waals surface area contributed by atoms with Gasteiger partial charge in [-0.3, -0.25) is 15.1 Å². The van der Waals surface area contributed by atoms with Gasteiger partial charge in [0.2, 0.25) is 5.75 Å². The van der Waals surface area contributed by atoms with Gasteiger partial charge in [-0.05, 0) is 54.1 Å². The van der Waals surface area contributed by atoms with E-state index in [0.717, 1.165) is 6.07 Å². The molecule has 0 saturated heterocycles. The Hall–Kier alpha value is -3.79. The lowest BCUT2D eigenvalue weighted by Crippen LogP contribution is -2.06. The van der Waals surface area contributed by atoms with E-state index in [2.05, 4.69) is 4.99 Å². The summed E-state index contributed by atoms with van der Waals surface area (Å²) in [6.45, 7) is 0. The summed E-state index contributed by atoms with van der Waals surface area (Å²) in [5.74, 6) is 0.266. The summed E-state index contributed by atoms with van der Waals surface area (Å²) >= 11 is 6.29. The Balaban J connectivity index is 1.93. The molecule has 0 atom stereocenters. The number of hydrogen-bond acceptors (Lipinski definition) is 6. The number of ether oxygens (including phenoxy) is 3. The first kappa shape index (κ1) is 23.9. The van der Waals surface area contributed by atoms with E-state index in [1.807, 2.05) is 0 Å². The first-order valence-corrected chi connectivity index (χ1v) is 9.59. The van der Waals surface area contributed by atoms with Crippen LogP contribution in [0, 0.1) is 10.1 Å². The van der Waals surface area contributed by atoms with Crippen LogP contribution in [0.1, 0.15) is 11.1 Å². The van der Waals surface area contributed by atoms with Gasteiger partial charge in [0.15, 0.2) is 11.5 Å². The Kier molecular flexibility index (Phi) is 7.07. The molecule has 0 aliphatic rings. The van der Waals surface area contributed by atoms with Crippen molar-refractivity contribution in [2.45, 2.75) is 6.18 Å². The van der Waals surface area contributed by atoms with Gasteiger partial charge < -0.3 is 14.2 Å². The molecule has 3 aromatic rings. The maximum absolute atomic E-state index is 12.9. The molecule has 0 aromatic heterocycles. The quantitative estimate of drug-likeness (QED) is 0.210. The van der Waals surface area contributed by atoms with Crippen molar-refractivity contribution in [3.8, 4) is 23.0 Å². The predicted octanol–water partition coefficient (Wildman–Crippen LogP) is 6.83. The van der Waals surface area contributed by atoms with Crippen LogP contribution in [0.3, 0.4) is 0 Å². The highest BCUT2D eigenvalue weighted by Gasteiger charge is 2.33. The van der Waals surface area contributed by atoms with Crippen LogP contribution in [0.15, 0.2) is 59.6 Å². The van der Waals surface area contributed by atoms with Crippen molar-refractivity contribution in [1.29, 1.82) is 0 Å². The average Bonchev–Trinajstić information content (AvgIpc) is 2.78. The zero-order chi connectivity index (χ0) is 24.2. The second kappa shape index (κ2) is 9.78. The molecule has 11 heteroatoms. The van der Waals surface area contributed by atoms with Crippen LogP contribution >= 0.6 is 11.6 Å². The molecule has 3 rings (SSSR count). The fourth-order valence-corrected chi connectivity index (χ4v) is 3.02. The van der Waals surface area contributed by atoms with E-state index in [1.165, 1.54) is 25.5 Å². The number of halogens is 4. The number of methoxy groups -OCH3 is 2. The predicted molar refractivity (Wildman–Crippen MR) is 116 cm³/mol. The lowest BCUT2D eigenvalue weighted by Gasteiger charge is -2.14. The molecule has 0 heterocycles. The van der Waals surface area contributed by atoms with E-state index in [9.17, 15) is 23.3 Å². The lowest BCUT2D eigenvalue weighted by atomic mass is 10.1. The first-order valence-electron chi connectivity index (χ1n) is 9.21. The highest BCUT2D eigenvalue weighted by molar-refractivity contribution is 6.32. The molecule has 0 N–H and O–H groups in total. The Bertz CT molecular complexity index is 1200. The molecule has 172 valence electrons. The van der Waals surface area contributed by atoms with Crippen molar-refractivity contribution in [3.63, 3.8) is 0 Å². The van der Waals surface area contributed by atoms with Gasteiger partial charge in [-0.25, -0.2) is 0 Å². The standard InChI is InChI=1S/C22H16ClF3N2O5/c1-31-16-6-4-15(5-7-16)27-12-13-9-17(23)21(20(10-13)32-2)33-19-8-3-14(22(24,25)26)11-18(19)28(29)30/h3-12H,1-2H3. The Labute approximate surface area is 191 Å². The Morgan fingerprint density at radius 2 is 1.70 bits per heavy atom. The smallest absolute Gasteiger partial charge is 0.416 e. The number of aliphatic imine (C=N–C) groups is 1. The van der Waals surface area contributed by atoms with Crippen LogP contribution in [-0.2, 0) is 6.18 Å². The van der Waals surface area contributed by atoms with Gasteiger partial charge in [0.25, 0.3) is 0 Å². The number of benzene rings is 3. The third-order valence-corrected chi connectivity index (χ3v) is 4.66. The second-order valence-corrected chi connectivity index (χ2v) is 6.94.